The van der Waals surface area contributed by atoms with E-state index in [1.165, 1.54) is 55.5 Å². The van der Waals surface area contributed by atoms with Crippen LogP contribution in [0.4, 0.5) is 51.2 Å². The number of rotatable bonds is 3. The van der Waals surface area contributed by atoms with E-state index in [4.69, 9.17) is 0 Å². The molecule has 11 rings (SSSR count). The first-order chi connectivity index (χ1) is 26.3. The minimum absolute atomic E-state index is 0.0213. The molecule has 0 unspecified atom stereocenters. The molecule has 8 aromatic carbocycles. The lowest BCUT2D eigenvalue weighted by molar-refractivity contribution is 1.25. The summed E-state index contributed by atoms with van der Waals surface area (Å²) >= 11 is 0. The summed E-state index contributed by atoms with van der Waals surface area (Å²) in [5, 5.41) is 0. The first-order valence-corrected chi connectivity index (χ1v) is 18.4. The van der Waals surface area contributed by atoms with E-state index in [-0.39, 0.29) is 13.4 Å². The number of para-hydroxylation sites is 4. The van der Waals surface area contributed by atoms with Crippen LogP contribution in [0, 0.1) is 0 Å². The van der Waals surface area contributed by atoms with Crippen molar-refractivity contribution in [1.29, 1.82) is 0 Å². The fraction of sp³-hybridized carbons (Fsp3) is 0. The summed E-state index contributed by atoms with van der Waals surface area (Å²) in [6, 6.07) is 73.9. The van der Waals surface area contributed by atoms with Crippen LogP contribution in [-0.4, -0.2) is 13.4 Å². The van der Waals surface area contributed by atoms with Crippen LogP contribution in [0.3, 0.4) is 0 Å². The van der Waals surface area contributed by atoms with Gasteiger partial charge in [-0.05, 0) is 101 Å². The van der Waals surface area contributed by atoms with Crippen molar-refractivity contribution >= 4 is 97.4 Å². The van der Waals surface area contributed by atoms with Gasteiger partial charge in [-0.3, -0.25) is 0 Å². The van der Waals surface area contributed by atoms with Crippen molar-refractivity contribution in [2.24, 2.45) is 0 Å². The fourth-order valence-electron chi connectivity index (χ4n) is 9.05. The molecule has 0 saturated heterocycles. The third kappa shape index (κ3) is 4.64. The molecule has 0 radical (unpaired) electrons. The van der Waals surface area contributed by atoms with E-state index in [2.05, 4.69) is 215 Å². The maximum absolute atomic E-state index is 2.50. The highest BCUT2D eigenvalue weighted by atomic mass is 15.2. The maximum atomic E-state index is 2.50. The van der Waals surface area contributed by atoms with Gasteiger partial charge in [0.25, 0.3) is 0 Å². The predicted octanol–water partition coefficient (Wildman–Crippen LogP) is 8.07. The number of hydrogen-bond donors (Lipinski definition) is 0. The summed E-state index contributed by atoms with van der Waals surface area (Å²) in [7, 11) is 0. The molecule has 3 nitrogen and oxygen atoms in total. The molecule has 6 bridgehead atoms. The first-order valence-electron chi connectivity index (χ1n) is 18.4. The minimum Gasteiger partial charge on any atom is -0.312 e. The molecule has 0 amide bonds. The average Bonchev–Trinajstić information content (AvgIpc) is 3.22. The molecule has 53 heavy (non-hydrogen) atoms. The van der Waals surface area contributed by atoms with Gasteiger partial charge in [-0.1, -0.05) is 132 Å². The Morgan fingerprint density at radius 2 is 0.698 bits per heavy atom. The molecule has 3 aliphatic heterocycles. The monoisotopic (exact) mass is 673 g/mol. The van der Waals surface area contributed by atoms with Crippen molar-refractivity contribution in [3.05, 3.63) is 200 Å². The van der Waals surface area contributed by atoms with Crippen LogP contribution in [0.5, 0.6) is 0 Å². The van der Waals surface area contributed by atoms with Gasteiger partial charge < -0.3 is 14.7 Å². The Kier molecular flexibility index (Phi) is 6.75. The minimum atomic E-state index is 0.0213. The maximum Gasteiger partial charge on any atom is 0.246 e. The Balaban J connectivity index is 1.24. The summed E-state index contributed by atoms with van der Waals surface area (Å²) < 4.78 is 0. The lowest BCUT2D eigenvalue weighted by Crippen LogP contribution is -2.58. The lowest BCUT2D eigenvalue weighted by atomic mass is 9.34. The van der Waals surface area contributed by atoms with Crippen molar-refractivity contribution in [2.75, 3.05) is 14.7 Å². The second-order valence-electron chi connectivity index (χ2n) is 14.2. The normalized spacial score (nSPS) is 13.5. The zero-order valence-corrected chi connectivity index (χ0v) is 29.0. The van der Waals surface area contributed by atoms with E-state index < -0.39 is 0 Å². The zero-order valence-electron chi connectivity index (χ0n) is 29.0. The fourth-order valence-corrected chi connectivity index (χ4v) is 9.05. The molecule has 5 heteroatoms. The molecule has 3 heterocycles. The number of fused-ring (bicyclic) bond motifs is 10. The van der Waals surface area contributed by atoms with Gasteiger partial charge in [-0.2, -0.15) is 0 Å². The van der Waals surface area contributed by atoms with Gasteiger partial charge in [-0.25, -0.2) is 0 Å². The van der Waals surface area contributed by atoms with Crippen LogP contribution in [0.1, 0.15) is 0 Å². The average molecular weight is 673 g/mol. The van der Waals surface area contributed by atoms with E-state index in [1.54, 1.807) is 0 Å². The molecule has 0 N–H and O–H groups in total. The predicted molar refractivity (Wildman–Crippen MR) is 226 cm³/mol. The standard InChI is InChI=1S/C48H33B2N3/c1-4-15-34(16-5-1)49-41-23-10-13-26-46(41)53-38-22-14-17-35(31-38)50-42-24-11-12-25-45(42)52(37-20-8-3-9-21-37)47-30-28-39(32-44(47)50)51(36-18-6-2-7-19-36)40-27-29-43(49)48(53)33-40/h1-33H. The van der Waals surface area contributed by atoms with Crippen molar-refractivity contribution < 1.29 is 0 Å². The molecule has 246 valence electrons. The highest BCUT2D eigenvalue weighted by Gasteiger charge is 2.39. The van der Waals surface area contributed by atoms with Crippen LogP contribution >= 0.6 is 0 Å². The van der Waals surface area contributed by atoms with E-state index in [1.807, 2.05) is 0 Å². The second-order valence-corrected chi connectivity index (χ2v) is 14.2. The molecule has 0 fully saturated rings. The summed E-state index contributed by atoms with van der Waals surface area (Å²) in [5.74, 6) is 0. The highest BCUT2D eigenvalue weighted by Crippen LogP contribution is 2.43. The molecule has 0 aromatic heterocycles. The molecule has 0 saturated carbocycles. The summed E-state index contributed by atoms with van der Waals surface area (Å²) in [4.78, 5) is 7.37. The van der Waals surface area contributed by atoms with Gasteiger partial charge in [0, 0.05) is 51.2 Å². The van der Waals surface area contributed by atoms with E-state index >= 15 is 0 Å². The molecule has 8 aromatic rings. The van der Waals surface area contributed by atoms with Gasteiger partial charge >= 0.3 is 0 Å². The largest absolute Gasteiger partial charge is 0.312 e. The quantitative estimate of drug-likeness (QED) is 0.176. The van der Waals surface area contributed by atoms with Gasteiger partial charge in [0.1, 0.15) is 0 Å². The van der Waals surface area contributed by atoms with E-state index in [0.29, 0.717) is 0 Å². The Labute approximate surface area is 311 Å². The Morgan fingerprint density at radius 1 is 0.245 bits per heavy atom. The van der Waals surface area contributed by atoms with Gasteiger partial charge in [0.05, 0.1) is 0 Å². The number of anilines is 9. The number of benzene rings is 8. The first kappa shape index (κ1) is 30.0. The van der Waals surface area contributed by atoms with Crippen LogP contribution in [0.15, 0.2) is 200 Å². The summed E-state index contributed by atoms with van der Waals surface area (Å²) in [5.41, 5.74) is 18.3. The third-order valence-electron chi connectivity index (χ3n) is 11.2. The smallest absolute Gasteiger partial charge is 0.246 e. The molecule has 0 aliphatic carbocycles. The Bertz CT molecular complexity index is 2500. The van der Waals surface area contributed by atoms with Crippen LogP contribution < -0.4 is 47.5 Å². The van der Waals surface area contributed by atoms with Crippen LogP contribution in [-0.2, 0) is 0 Å². The molecular weight excluding hydrogens is 640 g/mol. The molecule has 3 aliphatic rings. The topological polar surface area (TPSA) is 9.72 Å². The number of nitrogens with zero attached hydrogens (tertiary/aromatic N) is 3. The summed E-state index contributed by atoms with van der Waals surface area (Å²) in [6.45, 7) is 0.127. The van der Waals surface area contributed by atoms with Crippen LogP contribution in [0.25, 0.3) is 0 Å². The van der Waals surface area contributed by atoms with E-state index in [9.17, 15) is 0 Å². The summed E-state index contributed by atoms with van der Waals surface area (Å²) in [6.07, 6.45) is 0. The SMILES string of the molecule is c1ccc(B2c3ccccc3N3c4cccc(c4)B4c5ccccc5N(c5ccccc5)c5ccc(cc54)N(c4ccccc4)c4ccc2c3c4)cc1. The van der Waals surface area contributed by atoms with Gasteiger partial charge in [0.15, 0.2) is 0 Å². The second kappa shape index (κ2) is 11.9. The molecular formula is C48H33B2N3. The Morgan fingerprint density at radius 3 is 1.40 bits per heavy atom. The highest BCUT2D eigenvalue weighted by molar-refractivity contribution is 6.98. The van der Waals surface area contributed by atoms with E-state index in [0.717, 1.165) is 28.4 Å². The third-order valence-corrected chi connectivity index (χ3v) is 11.2. The van der Waals surface area contributed by atoms with Gasteiger partial charge in [-0.15, -0.1) is 0 Å². The lowest BCUT2D eigenvalue weighted by Gasteiger charge is -2.40. The molecule has 0 spiro atoms. The van der Waals surface area contributed by atoms with Crippen molar-refractivity contribution in [1.82, 2.24) is 0 Å². The van der Waals surface area contributed by atoms with Crippen LogP contribution in [0.2, 0.25) is 0 Å². The van der Waals surface area contributed by atoms with Crippen molar-refractivity contribution in [3.63, 3.8) is 0 Å². The van der Waals surface area contributed by atoms with Crippen molar-refractivity contribution in [2.45, 2.75) is 0 Å². The zero-order chi connectivity index (χ0) is 34.9. The van der Waals surface area contributed by atoms with Crippen molar-refractivity contribution in [3.8, 4) is 0 Å². The van der Waals surface area contributed by atoms with Gasteiger partial charge in [0.2, 0.25) is 13.4 Å². The number of hydrogen-bond acceptors (Lipinski definition) is 3. The Hall–Kier alpha value is -6.71. The molecule has 0 atom stereocenters.